The van der Waals surface area contributed by atoms with Crippen molar-refractivity contribution in [3.63, 3.8) is 0 Å². The van der Waals surface area contributed by atoms with Gasteiger partial charge in [-0.25, -0.2) is 8.42 Å². The van der Waals surface area contributed by atoms with Crippen molar-refractivity contribution in [3.05, 3.63) is 23.8 Å². The quantitative estimate of drug-likeness (QED) is 0.751. The van der Waals surface area contributed by atoms with Gasteiger partial charge in [-0.2, -0.15) is 0 Å². The lowest BCUT2D eigenvalue weighted by Gasteiger charge is -2.17. The number of carbonyl (C=O) groups excluding carboxylic acids is 1. The van der Waals surface area contributed by atoms with Crippen molar-refractivity contribution in [1.29, 1.82) is 0 Å². The van der Waals surface area contributed by atoms with Gasteiger partial charge in [0.2, 0.25) is 0 Å². The van der Waals surface area contributed by atoms with Crippen LogP contribution in [0.2, 0.25) is 0 Å². The van der Waals surface area contributed by atoms with Gasteiger partial charge in [0.1, 0.15) is 5.75 Å². The summed E-state index contributed by atoms with van der Waals surface area (Å²) in [6.45, 7) is 3.85. The standard InChI is InChI=1S/C14H20ClNO4S/c1-5-10(2)12-8-11(21(15,18)19)6-7-13(12)20-9-14(17)16(3)4/h6-8,10H,5,9H2,1-4H3. The molecule has 0 aromatic heterocycles. The Kier molecular flexibility index (Phi) is 6.04. The number of benzene rings is 1. The molecule has 0 fully saturated rings. The van der Waals surface area contributed by atoms with Crippen LogP contribution in [0, 0.1) is 0 Å². The number of likely N-dealkylation sites (N-methyl/N-ethyl adjacent to an activating group) is 1. The maximum absolute atomic E-state index is 11.6. The van der Waals surface area contributed by atoms with E-state index in [0.29, 0.717) is 5.75 Å². The fourth-order valence-corrected chi connectivity index (χ4v) is 2.47. The van der Waals surface area contributed by atoms with Crippen LogP contribution in [-0.2, 0) is 13.8 Å². The lowest BCUT2D eigenvalue weighted by Crippen LogP contribution is -2.27. The highest BCUT2D eigenvalue weighted by Crippen LogP contribution is 2.32. The normalized spacial score (nSPS) is 12.8. The van der Waals surface area contributed by atoms with Gasteiger partial charge < -0.3 is 9.64 Å². The number of rotatable bonds is 6. The second-order valence-corrected chi connectivity index (χ2v) is 7.59. The summed E-state index contributed by atoms with van der Waals surface area (Å²) >= 11 is 0. The summed E-state index contributed by atoms with van der Waals surface area (Å²) in [6, 6.07) is 4.43. The molecular weight excluding hydrogens is 314 g/mol. The Labute approximate surface area is 130 Å². The lowest BCUT2D eigenvalue weighted by molar-refractivity contribution is -0.130. The molecule has 7 heteroatoms. The summed E-state index contributed by atoms with van der Waals surface area (Å²) in [5, 5.41) is 0. The molecular formula is C14H20ClNO4S. The minimum absolute atomic E-state index is 0.0331. The van der Waals surface area contributed by atoms with Gasteiger partial charge in [-0.15, -0.1) is 0 Å². The molecule has 0 radical (unpaired) electrons. The van der Waals surface area contributed by atoms with Gasteiger partial charge in [0.15, 0.2) is 6.61 Å². The van der Waals surface area contributed by atoms with Gasteiger partial charge in [-0.05, 0) is 36.1 Å². The highest BCUT2D eigenvalue weighted by Gasteiger charge is 2.17. The van der Waals surface area contributed by atoms with Gasteiger partial charge in [-0.1, -0.05) is 13.8 Å². The Balaban J connectivity index is 3.11. The number of halogens is 1. The summed E-state index contributed by atoms with van der Waals surface area (Å²) in [5.41, 5.74) is 0.728. The first-order valence-corrected chi connectivity index (χ1v) is 8.89. The lowest BCUT2D eigenvalue weighted by atomic mass is 9.98. The minimum atomic E-state index is -3.79. The molecule has 118 valence electrons. The van der Waals surface area contributed by atoms with E-state index in [-0.39, 0.29) is 23.3 Å². The largest absolute Gasteiger partial charge is 0.483 e. The average molecular weight is 334 g/mol. The predicted octanol–water partition coefficient (Wildman–Crippen LogP) is 2.59. The number of amides is 1. The molecule has 0 saturated heterocycles. The third kappa shape index (κ3) is 4.89. The second-order valence-electron chi connectivity index (χ2n) is 5.02. The Morgan fingerprint density at radius 1 is 1.38 bits per heavy atom. The molecule has 1 aromatic rings. The van der Waals surface area contributed by atoms with Crippen LogP contribution in [0.25, 0.3) is 0 Å². The molecule has 0 bridgehead atoms. The van der Waals surface area contributed by atoms with E-state index < -0.39 is 9.05 Å². The van der Waals surface area contributed by atoms with E-state index in [4.69, 9.17) is 15.4 Å². The van der Waals surface area contributed by atoms with Crippen molar-refractivity contribution in [3.8, 4) is 5.75 Å². The van der Waals surface area contributed by atoms with E-state index in [0.717, 1.165) is 12.0 Å². The van der Waals surface area contributed by atoms with Gasteiger partial charge in [-0.3, -0.25) is 4.79 Å². The zero-order valence-electron chi connectivity index (χ0n) is 12.6. The third-order valence-corrected chi connectivity index (χ3v) is 4.61. The molecule has 1 rings (SSSR count). The van der Waals surface area contributed by atoms with Gasteiger partial charge in [0.05, 0.1) is 4.90 Å². The smallest absolute Gasteiger partial charge is 0.261 e. The first-order valence-electron chi connectivity index (χ1n) is 6.58. The predicted molar refractivity (Wildman–Crippen MR) is 82.4 cm³/mol. The van der Waals surface area contributed by atoms with Crippen molar-refractivity contribution in [2.75, 3.05) is 20.7 Å². The van der Waals surface area contributed by atoms with Crippen LogP contribution in [0.15, 0.2) is 23.1 Å². The Morgan fingerprint density at radius 2 is 2.00 bits per heavy atom. The molecule has 0 aliphatic carbocycles. The van der Waals surface area contributed by atoms with E-state index in [2.05, 4.69) is 0 Å². The number of ether oxygens (including phenoxy) is 1. The van der Waals surface area contributed by atoms with Crippen LogP contribution in [0.5, 0.6) is 5.75 Å². The fraction of sp³-hybridized carbons (Fsp3) is 0.500. The van der Waals surface area contributed by atoms with Crippen molar-refractivity contribution >= 4 is 25.6 Å². The van der Waals surface area contributed by atoms with E-state index in [1.165, 1.54) is 17.0 Å². The summed E-state index contributed by atoms with van der Waals surface area (Å²) in [7, 11) is 4.87. The number of carbonyl (C=O) groups is 1. The van der Waals surface area contributed by atoms with Crippen LogP contribution in [0.1, 0.15) is 31.7 Å². The molecule has 5 nitrogen and oxygen atoms in total. The highest BCUT2D eigenvalue weighted by molar-refractivity contribution is 8.13. The molecule has 0 saturated carbocycles. The molecule has 0 aliphatic heterocycles. The van der Waals surface area contributed by atoms with Crippen molar-refractivity contribution in [2.45, 2.75) is 31.1 Å². The zero-order valence-corrected chi connectivity index (χ0v) is 14.2. The Bertz CT molecular complexity index is 613. The highest BCUT2D eigenvalue weighted by atomic mass is 35.7. The van der Waals surface area contributed by atoms with E-state index in [1.54, 1.807) is 20.2 Å². The van der Waals surface area contributed by atoms with Crippen molar-refractivity contribution < 1.29 is 17.9 Å². The number of nitrogens with zero attached hydrogens (tertiary/aromatic N) is 1. The Morgan fingerprint density at radius 3 is 2.48 bits per heavy atom. The summed E-state index contributed by atoms with van der Waals surface area (Å²) in [5.74, 6) is 0.426. The monoisotopic (exact) mass is 333 g/mol. The van der Waals surface area contributed by atoms with Crippen LogP contribution in [0.4, 0.5) is 0 Å². The molecule has 1 amide bonds. The first kappa shape index (κ1) is 17.8. The SMILES string of the molecule is CCC(C)c1cc(S(=O)(=O)Cl)ccc1OCC(=O)N(C)C. The van der Waals surface area contributed by atoms with Crippen LogP contribution < -0.4 is 4.74 Å². The topological polar surface area (TPSA) is 63.7 Å². The van der Waals surface area contributed by atoms with Crippen LogP contribution in [0.3, 0.4) is 0 Å². The zero-order chi connectivity index (χ0) is 16.2. The van der Waals surface area contributed by atoms with Crippen molar-refractivity contribution in [2.24, 2.45) is 0 Å². The molecule has 0 N–H and O–H groups in total. The first-order chi connectivity index (χ1) is 9.66. The second kappa shape index (κ2) is 7.13. The van der Waals surface area contributed by atoms with Gasteiger partial charge in [0, 0.05) is 24.8 Å². The number of hydrogen-bond donors (Lipinski definition) is 0. The fourth-order valence-electron chi connectivity index (χ4n) is 1.68. The molecule has 0 spiro atoms. The van der Waals surface area contributed by atoms with E-state index in [9.17, 15) is 13.2 Å². The molecule has 21 heavy (non-hydrogen) atoms. The average Bonchev–Trinajstić information content (AvgIpc) is 2.42. The summed E-state index contributed by atoms with van der Waals surface area (Å²) in [6.07, 6.45) is 0.809. The molecule has 1 unspecified atom stereocenters. The van der Waals surface area contributed by atoms with Crippen LogP contribution in [-0.4, -0.2) is 39.9 Å². The Hall–Kier alpha value is -1.27. The minimum Gasteiger partial charge on any atom is -0.483 e. The van der Waals surface area contributed by atoms with Crippen molar-refractivity contribution in [1.82, 2.24) is 4.90 Å². The molecule has 0 heterocycles. The van der Waals surface area contributed by atoms with Gasteiger partial charge >= 0.3 is 0 Å². The third-order valence-electron chi connectivity index (χ3n) is 3.26. The maximum atomic E-state index is 11.6. The summed E-state index contributed by atoms with van der Waals surface area (Å²) < 4.78 is 28.4. The van der Waals surface area contributed by atoms with Crippen LogP contribution >= 0.6 is 10.7 Å². The number of hydrogen-bond acceptors (Lipinski definition) is 4. The van der Waals surface area contributed by atoms with E-state index >= 15 is 0 Å². The van der Waals surface area contributed by atoms with E-state index in [1.807, 2.05) is 13.8 Å². The van der Waals surface area contributed by atoms with Gasteiger partial charge in [0.25, 0.3) is 15.0 Å². The maximum Gasteiger partial charge on any atom is 0.261 e. The molecule has 0 aliphatic rings. The molecule has 1 aromatic carbocycles. The summed E-state index contributed by atoms with van der Waals surface area (Å²) in [4.78, 5) is 13.0. The molecule has 1 atom stereocenters.